The van der Waals surface area contributed by atoms with Crippen LogP contribution in [0.2, 0.25) is 0 Å². The fourth-order valence-corrected chi connectivity index (χ4v) is 9.94. The number of ether oxygens (including phenoxy) is 4. The lowest BCUT2D eigenvalue weighted by molar-refractivity contribution is -0.133. The third-order valence-electron chi connectivity index (χ3n) is 12.7. The summed E-state index contributed by atoms with van der Waals surface area (Å²) in [6.45, 7) is 5.94. The van der Waals surface area contributed by atoms with Gasteiger partial charge < -0.3 is 24.1 Å². The molecular formula is C51H40O6. The van der Waals surface area contributed by atoms with Gasteiger partial charge in [0.1, 0.15) is 49.4 Å². The normalized spacial score (nSPS) is 20.9. The lowest BCUT2D eigenvalue weighted by atomic mass is 9.61. The maximum Gasteiger partial charge on any atom is 0.332 e. The molecule has 0 spiro atoms. The Labute approximate surface area is 331 Å². The van der Waals surface area contributed by atoms with Crippen molar-refractivity contribution in [3.8, 4) is 23.0 Å². The third kappa shape index (κ3) is 5.57. The minimum absolute atomic E-state index is 0.173. The SMILES string of the molecule is CC1=C[C@H]2c3ccc4cc3C1c1ccc(cc12)OCc1ccc(cc1)COc1ccc2c(c1)C1C(C(=O)O)=C(C)[C@@H]2c2cc(ccc21)OCc1ccc(cc1)CO4. The summed E-state index contributed by atoms with van der Waals surface area (Å²) < 4.78 is 25.5. The van der Waals surface area contributed by atoms with Crippen LogP contribution < -0.4 is 18.9 Å². The van der Waals surface area contributed by atoms with Crippen LogP contribution in [-0.4, -0.2) is 11.1 Å². The number of benzene rings is 6. The van der Waals surface area contributed by atoms with Gasteiger partial charge >= 0.3 is 5.97 Å². The molecule has 0 fully saturated rings. The minimum atomic E-state index is -0.880. The first-order valence-corrected chi connectivity index (χ1v) is 19.7. The maximum absolute atomic E-state index is 12.7. The highest BCUT2D eigenvalue weighted by Gasteiger charge is 2.44. The highest BCUT2D eigenvalue weighted by molar-refractivity contribution is 5.94. The molecule has 0 saturated heterocycles. The average molecular weight is 749 g/mol. The van der Waals surface area contributed by atoms with Gasteiger partial charge in [0.25, 0.3) is 0 Å². The summed E-state index contributed by atoms with van der Waals surface area (Å²) in [4.78, 5) is 12.7. The van der Waals surface area contributed by atoms with E-state index >= 15 is 0 Å². The van der Waals surface area contributed by atoms with Crippen molar-refractivity contribution in [1.82, 2.24) is 0 Å². The van der Waals surface area contributed by atoms with Crippen molar-refractivity contribution >= 4 is 5.97 Å². The first kappa shape index (κ1) is 33.8. The Morgan fingerprint density at radius 3 is 1.28 bits per heavy atom. The molecule has 16 heterocycles. The molecule has 16 aliphatic heterocycles. The van der Waals surface area contributed by atoms with Gasteiger partial charge in [-0.3, -0.25) is 0 Å². The molecule has 57 heavy (non-hydrogen) atoms. The Morgan fingerprint density at radius 2 is 0.825 bits per heavy atom. The van der Waals surface area contributed by atoms with Crippen LogP contribution in [0.1, 0.15) is 104 Å². The average Bonchev–Trinajstić information content (AvgIpc) is 3.23. The Hall–Kier alpha value is -6.53. The zero-order valence-corrected chi connectivity index (χ0v) is 31.8. The summed E-state index contributed by atoms with van der Waals surface area (Å²) in [6.07, 6.45) is 2.41. The molecule has 22 aliphatic rings. The van der Waals surface area contributed by atoms with Crippen LogP contribution in [0, 0.1) is 0 Å². The van der Waals surface area contributed by atoms with E-state index in [1.807, 2.05) is 31.2 Å². The molecule has 6 nitrogen and oxygen atoms in total. The van der Waals surface area contributed by atoms with Crippen LogP contribution >= 0.6 is 0 Å². The van der Waals surface area contributed by atoms with Gasteiger partial charge in [0.2, 0.25) is 0 Å². The number of rotatable bonds is 1. The third-order valence-corrected chi connectivity index (χ3v) is 12.7. The predicted octanol–water partition coefficient (Wildman–Crippen LogP) is 10.8. The van der Waals surface area contributed by atoms with Gasteiger partial charge in [-0.2, -0.15) is 0 Å². The van der Waals surface area contributed by atoms with Gasteiger partial charge in [0.15, 0.2) is 0 Å². The quantitative estimate of drug-likeness (QED) is 0.169. The number of carboxylic acid groups (broad SMARTS) is 1. The van der Waals surface area contributed by atoms with Crippen molar-refractivity contribution in [1.29, 1.82) is 0 Å². The molecule has 28 rings (SSSR count). The summed E-state index contributed by atoms with van der Waals surface area (Å²) in [6, 6.07) is 42.1. The Bertz CT molecular complexity index is 2700. The van der Waals surface area contributed by atoms with Gasteiger partial charge in [-0.05, 0) is 135 Å². The van der Waals surface area contributed by atoms with E-state index in [1.54, 1.807) is 0 Å². The standard InChI is InChI=1S/C51H40O6/c1-28-19-42-38-15-11-35-21-44(38)47(28)39-16-12-34(20-43(39)42)54-24-30-3-5-33(6-4-30)27-57-37-13-17-40-46(23-37)50-41-18-14-36(22-45(41)48(40)29(2)49(50)51(52)53)56-26-32-9-7-31(8-10-32)25-55-35/h3-23,42,47-48,50H,24-27H2,1-2H3,(H,52,53)/t42-,47?,48-,50?/m0/s1. The van der Waals surface area contributed by atoms with Crippen molar-refractivity contribution in [2.24, 2.45) is 0 Å². The van der Waals surface area contributed by atoms with Gasteiger partial charge in [-0.25, -0.2) is 4.79 Å². The summed E-state index contributed by atoms with van der Waals surface area (Å²) >= 11 is 0. The molecule has 0 saturated carbocycles. The van der Waals surface area contributed by atoms with E-state index in [0.717, 1.165) is 73.1 Å². The van der Waals surface area contributed by atoms with E-state index in [2.05, 4.69) is 110 Å². The summed E-state index contributed by atoms with van der Waals surface area (Å²) in [7, 11) is 0. The Balaban J connectivity index is 0.923. The highest BCUT2D eigenvalue weighted by Crippen LogP contribution is 2.57. The Morgan fingerprint density at radius 1 is 0.456 bits per heavy atom. The van der Waals surface area contributed by atoms with E-state index in [-0.39, 0.29) is 23.7 Å². The van der Waals surface area contributed by atoms with E-state index in [4.69, 9.17) is 18.9 Å². The molecule has 20 bridgehead atoms. The number of hydrogen-bond acceptors (Lipinski definition) is 5. The first-order chi connectivity index (χ1) is 27.9. The fourth-order valence-electron chi connectivity index (χ4n) is 9.94. The molecule has 0 aromatic heterocycles. The van der Waals surface area contributed by atoms with Gasteiger partial charge in [0, 0.05) is 29.2 Å². The van der Waals surface area contributed by atoms with Crippen molar-refractivity contribution in [3.63, 3.8) is 0 Å². The fraction of sp³-hybridized carbons (Fsp3) is 0.196. The van der Waals surface area contributed by atoms with Gasteiger partial charge in [-0.1, -0.05) is 84.4 Å². The van der Waals surface area contributed by atoms with Crippen LogP contribution in [0.15, 0.2) is 144 Å². The molecule has 1 N–H and O–H groups in total. The molecule has 4 atom stereocenters. The lowest BCUT2D eigenvalue weighted by Crippen LogP contribution is -2.30. The second-order valence-electron chi connectivity index (χ2n) is 16.0. The number of aliphatic carboxylic acids is 1. The number of hydrogen-bond donors (Lipinski definition) is 1. The molecule has 280 valence electrons. The first-order valence-electron chi connectivity index (χ1n) is 19.7. The van der Waals surface area contributed by atoms with E-state index in [1.165, 1.54) is 27.8 Å². The number of allylic oxidation sites excluding steroid dienone is 3. The van der Waals surface area contributed by atoms with E-state index in [0.29, 0.717) is 32.0 Å². The van der Waals surface area contributed by atoms with Crippen molar-refractivity contribution in [2.45, 2.75) is 63.9 Å². The number of carboxylic acids is 1. The minimum Gasteiger partial charge on any atom is -0.489 e. The monoisotopic (exact) mass is 748 g/mol. The van der Waals surface area contributed by atoms with Crippen LogP contribution in [0.5, 0.6) is 23.0 Å². The van der Waals surface area contributed by atoms with Crippen LogP contribution in [0.3, 0.4) is 0 Å². The number of carbonyl (C=O) groups is 1. The molecule has 6 aliphatic carbocycles. The van der Waals surface area contributed by atoms with Crippen LogP contribution in [0.4, 0.5) is 0 Å². The summed E-state index contributed by atoms with van der Waals surface area (Å²) in [5.41, 5.74) is 16.5. The Kier molecular flexibility index (Phi) is 7.72. The van der Waals surface area contributed by atoms with Gasteiger partial charge in [0.05, 0.1) is 0 Å². The van der Waals surface area contributed by atoms with Crippen molar-refractivity contribution < 1.29 is 28.8 Å². The molecule has 2 unspecified atom stereocenters. The van der Waals surface area contributed by atoms with E-state index in [9.17, 15) is 9.90 Å². The molecule has 0 amide bonds. The molecule has 6 aromatic rings. The second kappa shape index (κ2) is 13.0. The lowest BCUT2D eigenvalue weighted by Gasteiger charge is -2.41. The second-order valence-corrected chi connectivity index (χ2v) is 16.0. The molecule has 6 aromatic carbocycles. The summed E-state index contributed by atoms with van der Waals surface area (Å²) in [5, 5.41) is 10.4. The van der Waals surface area contributed by atoms with Crippen LogP contribution in [0.25, 0.3) is 0 Å². The van der Waals surface area contributed by atoms with E-state index < -0.39 is 5.97 Å². The zero-order chi connectivity index (χ0) is 38.4. The topological polar surface area (TPSA) is 74.2 Å². The molecule has 0 radical (unpaired) electrons. The smallest absolute Gasteiger partial charge is 0.332 e. The highest BCUT2D eigenvalue weighted by atomic mass is 16.5. The summed E-state index contributed by atoms with van der Waals surface area (Å²) in [5.74, 6) is 2.15. The zero-order valence-electron chi connectivity index (χ0n) is 31.8. The van der Waals surface area contributed by atoms with Crippen molar-refractivity contribution in [2.75, 3.05) is 0 Å². The molecule has 6 heteroatoms. The van der Waals surface area contributed by atoms with Gasteiger partial charge in [-0.15, -0.1) is 0 Å². The van der Waals surface area contributed by atoms with Crippen molar-refractivity contribution in [3.05, 3.63) is 211 Å². The maximum atomic E-state index is 12.7. The molecular weight excluding hydrogens is 709 g/mol. The largest absolute Gasteiger partial charge is 0.489 e. The predicted molar refractivity (Wildman–Crippen MR) is 217 cm³/mol. The van der Waals surface area contributed by atoms with Crippen LogP contribution in [-0.2, 0) is 31.2 Å².